The van der Waals surface area contributed by atoms with Crippen LogP contribution < -0.4 is 10.1 Å². The lowest BCUT2D eigenvalue weighted by atomic mass is 10.1. The Balaban J connectivity index is 2.17. The van der Waals surface area contributed by atoms with Gasteiger partial charge in [0.25, 0.3) is 0 Å². The van der Waals surface area contributed by atoms with Crippen LogP contribution in [-0.4, -0.2) is 13.2 Å². The smallest absolute Gasteiger partial charge is 0.137 e. The summed E-state index contributed by atoms with van der Waals surface area (Å²) in [6.45, 7) is 7.09. The zero-order valence-corrected chi connectivity index (χ0v) is 15.1. The van der Waals surface area contributed by atoms with E-state index >= 15 is 0 Å². The standard InChI is InChI=1S/C19H32ClNO/c1-3-5-6-7-8-9-10-14-22-19-12-11-17(15-18(19)20)16-21-13-4-2/h11-12,15,21H,3-10,13-14,16H2,1-2H3. The highest BCUT2D eigenvalue weighted by molar-refractivity contribution is 6.32. The van der Waals surface area contributed by atoms with E-state index in [1.54, 1.807) is 0 Å². The SMILES string of the molecule is CCCCCCCCCOc1ccc(CNCCC)cc1Cl. The Morgan fingerprint density at radius 2 is 1.68 bits per heavy atom. The monoisotopic (exact) mass is 325 g/mol. The van der Waals surface area contributed by atoms with Gasteiger partial charge in [-0.1, -0.05) is 70.0 Å². The Bertz CT molecular complexity index is 395. The Kier molecular flexibility index (Phi) is 11.2. The lowest BCUT2D eigenvalue weighted by molar-refractivity contribution is 0.304. The molecule has 0 aromatic heterocycles. The molecule has 0 saturated heterocycles. The summed E-state index contributed by atoms with van der Waals surface area (Å²) in [7, 11) is 0. The number of ether oxygens (including phenoxy) is 1. The molecule has 126 valence electrons. The quantitative estimate of drug-likeness (QED) is 0.451. The minimum Gasteiger partial charge on any atom is -0.492 e. The van der Waals surface area contributed by atoms with Gasteiger partial charge in [0.05, 0.1) is 11.6 Å². The van der Waals surface area contributed by atoms with Crippen LogP contribution in [0.3, 0.4) is 0 Å². The van der Waals surface area contributed by atoms with E-state index in [0.29, 0.717) is 0 Å². The van der Waals surface area contributed by atoms with Crippen LogP contribution in [0.1, 0.15) is 70.8 Å². The summed E-state index contributed by atoms with van der Waals surface area (Å²) in [5, 5.41) is 4.10. The number of unbranched alkanes of at least 4 members (excludes halogenated alkanes) is 6. The zero-order valence-electron chi connectivity index (χ0n) is 14.3. The topological polar surface area (TPSA) is 21.3 Å². The van der Waals surface area contributed by atoms with E-state index in [2.05, 4.69) is 25.2 Å². The molecule has 0 spiro atoms. The van der Waals surface area contributed by atoms with Crippen molar-refractivity contribution in [3.63, 3.8) is 0 Å². The van der Waals surface area contributed by atoms with Crippen LogP contribution in [0.2, 0.25) is 5.02 Å². The summed E-state index contributed by atoms with van der Waals surface area (Å²) in [4.78, 5) is 0. The molecule has 0 unspecified atom stereocenters. The van der Waals surface area contributed by atoms with Crippen molar-refractivity contribution in [3.05, 3.63) is 28.8 Å². The van der Waals surface area contributed by atoms with E-state index in [0.717, 1.165) is 43.3 Å². The van der Waals surface area contributed by atoms with Crippen LogP contribution in [-0.2, 0) is 6.54 Å². The predicted molar refractivity (Wildman–Crippen MR) is 96.9 cm³/mol. The second-order valence-corrected chi connectivity index (χ2v) is 6.32. The molecule has 0 fully saturated rings. The first kappa shape index (κ1) is 19.3. The molecule has 1 rings (SSSR count). The number of hydrogen-bond acceptors (Lipinski definition) is 2. The third-order valence-electron chi connectivity index (χ3n) is 3.76. The fourth-order valence-electron chi connectivity index (χ4n) is 2.42. The Labute approximate surface area is 141 Å². The van der Waals surface area contributed by atoms with Gasteiger partial charge in [0.2, 0.25) is 0 Å². The van der Waals surface area contributed by atoms with Gasteiger partial charge in [-0.2, -0.15) is 0 Å². The number of hydrogen-bond donors (Lipinski definition) is 1. The van der Waals surface area contributed by atoms with Crippen molar-refractivity contribution in [2.45, 2.75) is 71.8 Å². The maximum Gasteiger partial charge on any atom is 0.137 e. The molecule has 0 atom stereocenters. The molecule has 0 aliphatic carbocycles. The van der Waals surface area contributed by atoms with Gasteiger partial charge in [0, 0.05) is 6.54 Å². The van der Waals surface area contributed by atoms with E-state index in [9.17, 15) is 0 Å². The van der Waals surface area contributed by atoms with Crippen molar-refractivity contribution in [1.82, 2.24) is 5.32 Å². The molecule has 0 radical (unpaired) electrons. The van der Waals surface area contributed by atoms with Gasteiger partial charge in [-0.05, 0) is 37.1 Å². The average Bonchev–Trinajstić information content (AvgIpc) is 2.52. The summed E-state index contributed by atoms with van der Waals surface area (Å²) >= 11 is 6.29. The molecule has 0 saturated carbocycles. The normalized spacial score (nSPS) is 10.9. The molecular weight excluding hydrogens is 294 g/mol. The van der Waals surface area contributed by atoms with Crippen molar-refractivity contribution in [1.29, 1.82) is 0 Å². The van der Waals surface area contributed by atoms with Crippen LogP contribution in [0, 0.1) is 0 Å². The molecule has 0 heterocycles. The number of rotatable bonds is 13. The van der Waals surface area contributed by atoms with Gasteiger partial charge in [0.1, 0.15) is 5.75 Å². The Morgan fingerprint density at radius 3 is 2.36 bits per heavy atom. The molecule has 0 bridgehead atoms. The number of benzene rings is 1. The molecule has 3 heteroatoms. The van der Waals surface area contributed by atoms with Crippen molar-refractivity contribution in [2.75, 3.05) is 13.2 Å². The minimum absolute atomic E-state index is 0.721. The fourth-order valence-corrected chi connectivity index (χ4v) is 2.68. The van der Waals surface area contributed by atoms with Gasteiger partial charge >= 0.3 is 0 Å². The lowest BCUT2D eigenvalue weighted by Gasteiger charge is -2.10. The fraction of sp³-hybridized carbons (Fsp3) is 0.684. The van der Waals surface area contributed by atoms with E-state index in [1.807, 2.05) is 12.1 Å². The maximum absolute atomic E-state index is 6.29. The zero-order chi connectivity index (χ0) is 16.0. The van der Waals surface area contributed by atoms with Crippen LogP contribution in [0.4, 0.5) is 0 Å². The predicted octanol–water partition coefficient (Wildman–Crippen LogP) is 5.97. The third-order valence-corrected chi connectivity index (χ3v) is 4.05. The van der Waals surface area contributed by atoms with Crippen LogP contribution in [0.5, 0.6) is 5.75 Å². The number of halogens is 1. The third kappa shape index (κ3) is 8.65. The van der Waals surface area contributed by atoms with E-state index in [-0.39, 0.29) is 0 Å². The highest BCUT2D eigenvalue weighted by Crippen LogP contribution is 2.25. The molecule has 1 aromatic carbocycles. The molecule has 0 aliphatic heterocycles. The van der Waals surface area contributed by atoms with E-state index in [4.69, 9.17) is 16.3 Å². The molecule has 22 heavy (non-hydrogen) atoms. The van der Waals surface area contributed by atoms with Crippen molar-refractivity contribution in [3.8, 4) is 5.75 Å². The van der Waals surface area contributed by atoms with Gasteiger partial charge < -0.3 is 10.1 Å². The molecule has 0 aliphatic rings. The summed E-state index contributed by atoms with van der Waals surface area (Å²) < 4.78 is 5.79. The molecule has 1 aromatic rings. The Hall–Kier alpha value is -0.730. The number of nitrogens with one attached hydrogen (secondary N) is 1. The molecule has 2 nitrogen and oxygen atoms in total. The average molecular weight is 326 g/mol. The van der Waals surface area contributed by atoms with Gasteiger partial charge in [-0.25, -0.2) is 0 Å². The second kappa shape index (κ2) is 12.8. The minimum atomic E-state index is 0.721. The largest absolute Gasteiger partial charge is 0.492 e. The molecule has 0 amide bonds. The van der Waals surface area contributed by atoms with Crippen molar-refractivity contribution >= 4 is 11.6 Å². The first-order chi connectivity index (χ1) is 10.8. The van der Waals surface area contributed by atoms with E-state index in [1.165, 1.54) is 44.1 Å². The molecule has 1 N–H and O–H groups in total. The summed E-state index contributed by atoms with van der Waals surface area (Å²) in [5.41, 5.74) is 1.21. The highest BCUT2D eigenvalue weighted by Gasteiger charge is 2.03. The van der Waals surface area contributed by atoms with Crippen LogP contribution >= 0.6 is 11.6 Å². The second-order valence-electron chi connectivity index (χ2n) is 5.91. The molecular formula is C19H32ClNO. The van der Waals surface area contributed by atoms with Crippen molar-refractivity contribution in [2.24, 2.45) is 0 Å². The summed E-state index contributed by atoms with van der Waals surface area (Å²) in [6.07, 6.45) is 10.2. The maximum atomic E-state index is 6.29. The summed E-state index contributed by atoms with van der Waals surface area (Å²) in [5.74, 6) is 0.812. The van der Waals surface area contributed by atoms with E-state index < -0.39 is 0 Å². The van der Waals surface area contributed by atoms with Gasteiger partial charge in [-0.15, -0.1) is 0 Å². The van der Waals surface area contributed by atoms with Crippen molar-refractivity contribution < 1.29 is 4.74 Å². The van der Waals surface area contributed by atoms with Gasteiger partial charge in [-0.3, -0.25) is 0 Å². The van der Waals surface area contributed by atoms with Crippen LogP contribution in [0.25, 0.3) is 0 Å². The Morgan fingerprint density at radius 1 is 0.955 bits per heavy atom. The first-order valence-corrected chi connectivity index (χ1v) is 9.27. The first-order valence-electron chi connectivity index (χ1n) is 8.89. The lowest BCUT2D eigenvalue weighted by Crippen LogP contribution is -2.13. The van der Waals surface area contributed by atoms with Crippen LogP contribution in [0.15, 0.2) is 18.2 Å². The van der Waals surface area contributed by atoms with Gasteiger partial charge in [0.15, 0.2) is 0 Å². The summed E-state index contributed by atoms with van der Waals surface area (Å²) in [6, 6.07) is 6.09. The highest BCUT2D eigenvalue weighted by atomic mass is 35.5.